The Morgan fingerprint density at radius 1 is 1.19 bits per heavy atom. The van der Waals surface area contributed by atoms with E-state index in [4.69, 9.17) is 25.8 Å². The van der Waals surface area contributed by atoms with E-state index in [1.165, 1.54) is 11.1 Å². The van der Waals surface area contributed by atoms with Crippen LogP contribution >= 0.6 is 11.6 Å². The summed E-state index contributed by atoms with van der Waals surface area (Å²) in [5, 5.41) is 0.731. The van der Waals surface area contributed by atoms with Gasteiger partial charge in [0.05, 0.1) is 29.9 Å². The van der Waals surface area contributed by atoms with Crippen molar-refractivity contribution < 1.29 is 28.0 Å². The Balaban J connectivity index is 1.51. The maximum absolute atomic E-state index is 14.8. The SMILES string of the molecule is CO[C@H]1/C=C/COC(C)(C)C(=O)N=S(=O)(NC(=O)C(C)C)c2ccc3c(c2)N(C[C@@H]2CC[C@H]21)C[C@@]1(CCCc2cc(Cl)ccc21)CO3. The number of hydrogen-bond acceptors (Lipinski definition) is 7. The number of carbonyl (C=O) groups is 2. The summed E-state index contributed by atoms with van der Waals surface area (Å²) in [4.78, 5) is 29.2. The number of aryl methyl sites for hydroxylation is 1. The third kappa shape index (κ3) is 6.71. The van der Waals surface area contributed by atoms with Crippen LogP contribution in [-0.2, 0) is 40.8 Å². The molecule has 6 rings (SSSR count). The summed E-state index contributed by atoms with van der Waals surface area (Å²) >= 11 is 6.45. The van der Waals surface area contributed by atoms with Crippen molar-refractivity contribution in [3.05, 3.63) is 64.7 Å². The Morgan fingerprint density at radius 3 is 2.72 bits per heavy atom. The summed E-state index contributed by atoms with van der Waals surface area (Å²) in [6.07, 6.45) is 8.83. The number of hydrogen-bond donors (Lipinski definition) is 1. The molecule has 2 aromatic rings. The van der Waals surface area contributed by atoms with Crippen molar-refractivity contribution in [3.8, 4) is 5.75 Å². The van der Waals surface area contributed by atoms with Crippen LogP contribution in [-0.4, -0.2) is 61.1 Å². The highest BCUT2D eigenvalue weighted by molar-refractivity contribution is 7.92. The zero-order valence-corrected chi connectivity index (χ0v) is 29.5. The maximum atomic E-state index is 14.8. The third-order valence-corrected chi connectivity index (χ3v) is 12.3. The number of rotatable bonds is 3. The van der Waals surface area contributed by atoms with Crippen LogP contribution in [0.15, 0.2) is 57.8 Å². The minimum atomic E-state index is -3.74. The van der Waals surface area contributed by atoms with Gasteiger partial charge in [-0.25, -0.2) is 4.21 Å². The normalized spacial score (nSPS) is 31.0. The quantitative estimate of drug-likeness (QED) is 0.381. The lowest BCUT2D eigenvalue weighted by Crippen LogP contribution is -2.49. The molecule has 1 fully saturated rings. The van der Waals surface area contributed by atoms with Gasteiger partial charge in [0.1, 0.15) is 11.4 Å². The predicted octanol–water partition coefficient (Wildman–Crippen LogP) is 6.26. The number of nitrogens with zero attached hydrogens (tertiary/aromatic N) is 2. The van der Waals surface area contributed by atoms with Crippen LogP contribution in [0.25, 0.3) is 0 Å². The number of anilines is 1. The number of ether oxygens (including phenoxy) is 3. The van der Waals surface area contributed by atoms with Crippen LogP contribution < -0.4 is 14.4 Å². The van der Waals surface area contributed by atoms with Gasteiger partial charge in [-0.3, -0.25) is 14.3 Å². The van der Waals surface area contributed by atoms with Crippen LogP contribution in [0.2, 0.25) is 5.02 Å². The molecule has 11 heteroatoms. The number of benzene rings is 2. The molecule has 5 atom stereocenters. The number of carbonyl (C=O) groups excluding carboxylic acids is 2. The zero-order chi connectivity index (χ0) is 33.6. The van der Waals surface area contributed by atoms with Crippen molar-refractivity contribution in [2.24, 2.45) is 22.1 Å². The van der Waals surface area contributed by atoms with Crippen LogP contribution in [0.3, 0.4) is 0 Å². The van der Waals surface area contributed by atoms with E-state index in [0.29, 0.717) is 30.7 Å². The van der Waals surface area contributed by atoms with E-state index >= 15 is 0 Å². The molecule has 254 valence electrons. The second kappa shape index (κ2) is 13.2. The highest BCUT2D eigenvalue weighted by atomic mass is 35.5. The molecule has 2 aliphatic heterocycles. The average molecular weight is 684 g/mol. The standard InChI is InChI=1S/C36H46ClN3O6S/c1-23(2)33(41)38-47(43)27-12-15-32-30(19-27)40(21-36(22-45-32)16-6-8-24-18-26(37)11-14-29(24)36)20-25-10-13-28(25)31(44-5)9-7-17-46-35(3,4)34(42)39-47/h7,9,11-12,14-15,18-19,23,25,28,31H,6,8,10,13,16-17,20-22H2,1-5H3,(H,38,39,41,42,43)/b9-7+/t25-,28+,31-,36-,47?/m0/s1. The van der Waals surface area contributed by atoms with Gasteiger partial charge in [0.15, 0.2) is 9.92 Å². The van der Waals surface area contributed by atoms with E-state index in [9.17, 15) is 13.8 Å². The summed E-state index contributed by atoms with van der Waals surface area (Å²) in [6, 6.07) is 11.4. The van der Waals surface area contributed by atoms with Crippen molar-refractivity contribution in [1.29, 1.82) is 0 Å². The molecule has 1 spiro atoms. The number of nitrogens with one attached hydrogen (secondary N) is 1. The molecule has 2 bridgehead atoms. The molecule has 2 heterocycles. The Bertz CT molecular complexity index is 1700. The first-order chi connectivity index (χ1) is 22.3. The van der Waals surface area contributed by atoms with E-state index in [0.717, 1.165) is 49.4 Å². The van der Waals surface area contributed by atoms with Crippen molar-refractivity contribution in [3.63, 3.8) is 0 Å². The molecule has 1 saturated carbocycles. The fraction of sp³-hybridized carbons (Fsp3) is 0.556. The van der Waals surface area contributed by atoms with Crippen LogP contribution in [0.5, 0.6) is 5.75 Å². The van der Waals surface area contributed by atoms with Crippen molar-refractivity contribution in [2.45, 2.75) is 81.8 Å². The maximum Gasteiger partial charge on any atom is 0.287 e. The zero-order valence-electron chi connectivity index (χ0n) is 27.9. The smallest absolute Gasteiger partial charge is 0.287 e. The van der Waals surface area contributed by atoms with Crippen LogP contribution in [0.1, 0.15) is 64.5 Å². The molecule has 0 saturated heterocycles. The Morgan fingerprint density at radius 2 is 2.00 bits per heavy atom. The first-order valence-corrected chi connectivity index (χ1v) is 18.5. The van der Waals surface area contributed by atoms with Gasteiger partial charge in [0.2, 0.25) is 5.91 Å². The van der Waals surface area contributed by atoms with Crippen molar-refractivity contribution >= 4 is 39.0 Å². The van der Waals surface area contributed by atoms with Gasteiger partial charge in [-0.1, -0.05) is 43.7 Å². The van der Waals surface area contributed by atoms with Crippen LogP contribution in [0.4, 0.5) is 5.69 Å². The Hall–Kier alpha value is -2.92. The highest BCUT2D eigenvalue weighted by Crippen LogP contribution is 2.47. The first kappa shape index (κ1) is 34.0. The molecule has 2 aromatic carbocycles. The molecular weight excluding hydrogens is 638 g/mol. The lowest BCUT2D eigenvalue weighted by atomic mass is 9.68. The minimum Gasteiger partial charge on any atom is -0.490 e. The molecule has 4 aliphatic rings. The molecule has 1 N–H and O–H groups in total. The third-order valence-electron chi connectivity index (χ3n) is 10.3. The molecule has 1 unspecified atom stereocenters. The van der Waals surface area contributed by atoms with Gasteiger partial charge in [-0.2, -0.15) is 0 Å². The van der Waals surface area contributed by atoms with E-state index < -0.39 is 33.2 Å². The molecular formula is C36H46ClN3O6S. The van der Waals surface area contributed by atoms with Crippen LogP contribution in [0, 0.1) is 17.8 Å². The van der Waals surface area contributed by atoms with Gasteiger partial charge in [-0.05, 0) is 99.2 Å². The monoisotopic (exact) mass is 683 g/mol. The highest BCUT2D eigenvalue weighted by Gasteiger charge is 2.44. The number of fused-ring (bicyclic) bond motifs is 4. The van der Waals surface area contributed by atoms with Crippen molar-refractivity contribution in [1.82, 2.24) is 4.72 Å². The van der Waals surface area contributed by atoms with E-state index in [1.807, 2.05) is 18.2 Å². The Kier molecular flexibility index (Phi) is 9.52. The fourth-order valence-corrected chi connectivity index (χ4v) is 9.27. The lowest BCUT2D eigenvalue weighted by molar-refractivity contribution is -0.137. The topological polar surface area (TPSA) is 107 Å². The summed E-state index contributed by atoms with van der Waals surface area (Å²) in [5.74, 6) is -0.366. The van der Waals surface area contributed by atoms with E-state index in [-0.39, 0.29) is 23.0 Å². The molecule has 2 aliphatic carbocycles. The predicted molar refractivity (Wildman–Crippen MR) is 183 cm³/mol. The number of methoxy groups -OCH3 is 1. The fourth-order valence-electron chi connectivity index (χ4n) is 7.32. The van der Waals surface area contributed by atoms with Gasteiger partial charge < -0.3 is 19.1 Å². The lowest BCUT2D eigenvalue weighted by Gasteiger charge is -2.46. The van der Waals surface area contributed by atoms with Gasteiger partial charge in [0.25, 0.3) is 5.91 Å². The molecule has 9 nitrogen and oxygen atoms in total. The van der Waals surface area contributed by atoms with Gasteiger partial charge in [-0.15, -0.1) is 4.36 Å². The minimum absolute atomic E-state index is 0.0979. The van der Waals surface area contributed by atoms with Crippen molar-refractivity contribution in [2.75, 3.05) is 38.3 Å². The van der Waals surface area contributed by atoms with Gasteiger partial charge >= 0.3 is 0 Å². The second-order valence-electron chi connectivity index (χ2n) is 14.2. The van der Waals surface area contributed by atoms with E-state index in [1.54, 1.807) is 53.0 Å². The average Bonchev–Trinajstić information content (AvgIpc) is 3.16. The summed E-state index contributed by atoms with van der Waals surface area (Å²) in [5.41, 5.74) is 1.60. The summed E-state index contributed by atoms with van der Waals surface area (Å²) in [6.45, 7) is 8.66. The second-order valence-corrected chi connectivity index (χ2v) is 16.6. The van der Waals surface area contributed by atoms with Gasteiger partial charge in [0, 0.05) is 36.6 Å². The number of amides is 2. The Labute approximate surface area is 283 Å². The molecule has 0 aromatic heterocycles. The van der Waals surface area contributed by atoms with E-state index in [2.05, 4.69) is 26.1 Å². The summed E-state index contributed by atoms with van der Waals surface area (Å²) in [7, 11) is -2.01. The summed E-state index contributed by atoms with van der Waals surface area (Å²) < 4.78 is 40.1. The molecule has 2 amide bonds. The first-order valence-electron chi connectivity index (χ1n) is 16.6. The molecule has 47 heavy (non-hydrogen) atoms. The number of halogens is 1. The molecule has 0 radical (unpaired) electrons. The largest absolute Gasteiger partial charge is 0.490 e.